The fourth-order valence-corrected chi connectivity index (χ4v) is 5.69. The minimum atomic E-state index is -1.16. The first-order valence-electron chi connectivity index (χ1n) is 14.6. The van der Waals surface area contributed by atoms with Crippen LogP contribution >= 0.6 is 0 Å². The fraction of sp³-hybridized carbons (Fsp3) is 0.852. The minimum absolute atomic E-state index is 0.00445. The van der Waals surface area contributed by atoms with E-state index in [2.05, 4.69) is 0 Å². The largest absolute Gasteiger partial charge is 0.395 e. The van der Waals surface area contributed by atoms with Crippen LogP contribution < -0.4 is 5.73 Å². The predicted molar refractivity (Wildman–Crippen MR) is 150 cm³/mol. The van der Waals surface area contributed by atoms with Crippen molar-refractivity contribution in [3.8, 4) is 0 Å². The summed E-state index contributed by atoms with van der Waals surface area (Å²) in [6.07, 6.45) is 0.943. The molecule has 0 bridgehead atoms. The summed E-state index contributed by atoms with van der Waals surface area (Å²) < 4.78 is 0. The van der Waals surface area contributed by atoms with E-state index in [-0.39, 0.29) is 84.5 Å². The standard InChI is InChI=1S/C27H51N5O9/c1-3-6-29(9-14-33)21(38)19-20-22(25(39)31(8-5-28)11-16-35)24(27(41)30(7-4-2)10-15-34)23(20)26(40)32(12-17-36)13-18-37/h20,22-24,33-37H,3-19,28H2,1-2H3. The van der Waals surface area contributed by atoms with Crippen molar-refractivity contribution in [1.82, 2.24) is 19.6 Å². The number of hydrogen-bond donors (Lipinski definition) is 6. The molecule has 1 aliphatic carbocycles. The Kier molecular flexibility index (Phi) is 17.6. The van der Waals surface area contributed by atoms with Gasteiger partial charge >= 0.3 is 0 Å². The van der Waals surface area contributed by atoms with Crippen molar-refractivity contribution in [2.24, 2.45) is 29.4 Å². The molecule has 4 unspecified atom stereocenters. The van der Waals surface area contributed by atoms with Gasteiger partial charge in [0.1, 0.15) is 0 Å². The van der Waals surface area contributed by atoms with E-state index >= 15 is 0 Å². The van der Waals surface area contributed by atoms with Crippen LogP contribution in [-0.2, 0) is 19.2 Å². The Hall–Kier alpha value is -2.36. The molecule has 1 rings (SSSR count). The Bertz CT molecular complexity index is 758. The van der Waals surface area contributed by atoms with Gasteiger partial charge in [0.05, 0.1) is 50.8 Å². The molecule has 0 heterocycles. The fourth-order valence-electron chi connectivity index (χ4n) is 5.69. The summed E-state index contributed by atoms with van der Waals surface area (Å²) in [5.41, 5.74) is 5.71. The summed E-state index contributed by atoms with van der Waals surface area (Å²) in [6, 6.07) is 0. The average Bonchev–Trinajstić information content (AvgIpc) is 2.94. The molecule has 238 valence electrons. The summed E-state index contributed by atoms with van der Waals surface area (Å²) in [6.45, 7) is 2.63. The number of aliphatic hydroxyl groups is 5. The van der Waals surface area contributed by atoms with Gasteiger partial charge in [-0.3, -0.25) is 19.2 Å². The first-order valence-corrected chi connectivity index (χ1v) is 14.6. The highest BCUT2D eigenvalue weighted by Crippen LogP contribution is 2.51. The highest BCUT2D eigenvalue weighted by atomic mass is 16.3. The van der Waals surface area contributed by atoms with Crippen LogP contribution in [0.1, 0.15) is 33.1 Å². The molecule has 0 saturated heterocycles. The SMILES string of the molecule is CCCN(CCO)C(=O)CC1C(C(=O)N(CCN)CCO)C(C(=O)N(CCC)CCO)C1C(=O)N(CCO)CCO. The van der Waals surface area contributed by atoms with Gasteiger partial charge in [-0.15, -0.1) is 0 Å². The molecule has 0 aromatic heterocycles. The van der Waals surface area contributed by atoms with Crippen LogP contribution in [0.5, 0.6) is 0 Å². The third kappa shape index (κ3) is 9.86. The van der Waals surface area contributed by atoms with Gasteiger partial charge < -0.3 is 50.9 Å². The van der Waals surface area contributed by atoms with Crippen LogP contribution in [0.4, 0.5) is 0 Å². The molecule has 1 fully saturated rings. The van der Waals surface area contributed by atoms with Gasteiger partial charge in [-0.05, 0) is 18.8 Å². The number of hydrogen-bond acceptors (Lipinski definition) is 10. The van der Waals surface area contributed by atoms with Crippen molar-refractivity contribution < 1.29 is 44.7 Å². The minimum Gasteiger partial charge on any atom is -0.395 e. The Balaban J connectivity index is 3.69. The van der Waals surface area contributed by atoms with Crippen LogP contribution in [0, 0.1) is 23.7 Å². The van der Waals surface area contributed by atoms with E-state index in [9.17, 15) is 44.7 Å². The van der Waals surface area contributed by atoms with Crippen LogP contribution in [-0.4, -0.2) is 161 Å². The van der Waals surface area contributed by atoms with E-state index < -0.39 is 54.6 Å². The number of carbonyl (C=O) groups is 4. The van der Waals surface area contributed by atoms with E-state index in [4.69, 9.17) is 5.73 Å². The first-order chi connectivity index (χ1) is 19.7. The number of nitrogens with two attached hydrogens (primary N) is 1. The Morgan fingerprint density at radius 2 is 0.878 bits per heavy atom. The lowest BCUT2D eigenvalue weighted by atomic mass is 9.53. The monoisotopic (exact) mass is 589 g/mol. The highest BCUT2D eigenvalue weighted by molar-refractivity contribution is 5.97. The van der Waals surface area contributed by atoms with Gasteiger partial charge in [-0.1, -0.05) is 13.8 Å². The van der Waals surface area contributed by atoms with Crippen molar-refractivity contribution in [3.63, 3.8) is 0 Å². The van der Waals surface area contributed by atoms with Crippen molar-refractivity contribution in [2.45, 2.75) is 33.1 Å². The van der Waals surface area contributed by atoms with E-state index in [1.165, 1.54) is 19.6 Å². The second-order valence-corrected chi connectivity index (χ2v) is 10.2. The highest BCUT2D eigenvalue weighted by Gasteiger charge is 2.62. The molecular formula is C27H51N5O9. The Morgan fingerprint density at radius 1 is 0.537 bits per heavy atom. The third-order valence-corrected chi connectivity index (χ3v) is 7.49. The van der Waals surface area contributed by atoms with Gasteiger partial charge in [0.25, 0.3) is 0 Å². The lowest BCUT2D eigenvalue weighted by Crippen LogP contribution is -2.65. The molecule has 1 aliphatic rings. The molecule has 4 atom stereocenters. The van der Waals surface area contributed by atoms with E-state index in [0.717, 1.165) is 0 Å². The van der Waals surface area contributed by atoms with Crippen LogP contribution in [0.25, 0.3) is 0 Å². The van der Waals surface area contributed by atoms with Crippen LogP contribution in [0.2, 0.25) is 0 Å². The molecule has 0 radical (unpaired) electrons. The van der Waals surface area contributed by atoms with Crippen molar-refractivity contribution in [3.05, 3.63) is 0 Å². The summed E-state index contributed by atoms with van der Waals surface area (Å²) in [5, 5.41) is 47.8. The Morgan fingerprint density at radius 3 is 1.27 bits per heavy atom. The lowest BCUT2D eigenvalue weighted by molar-refractivity contribution is -0.178. The number of rotatable bonds is 21. The smallest absolute Gasteiger partial charge is 0.227 e. The zero-order chi connectivity index (χ0) is 30.9. The molecule has 41 heavy (non-hydrogen) atoms. The zero-order valence-corrected chi connectivity index (χ0v) is 24.6. The molecule has 0 aromatic rings. The van der Waals surface area contributed by atoms with Crippen molar-refractivity contribution in [2.75, 3.05) is 91.9 Å². The summed E-state index contributed by atoms with van der Waals surface area (Å²) in [7, 11) is 0. The molecule has 1 saturated carbocycles. The molecule has 0 spiro atoms. The van der Waals surface area contributed by atoms with Gasteiger partial charge in [0.15, 0.2) is 0 Å². The van der Waals surface area contributed by atoms with Gasteiger partial charge in [0, 0.05) is 65.3 Å². The van der Waals surface area contributed by atoms with Crippen molar-refractivity contribution in [1.29, 1.82) is 0 Å². The molecule has 0 aromatic carbocycles. The molecular weight excluding hydrogens is 538 g/mol. The lowest BCUT2D eigenvalue weighted by Gasteiger charge is -2.52. The molecule has 14 heteroatoms. The zero-order valence-electron chi connectivity index (χ0n) is 24.6. The summed E-state index contributed by atoms with van der Waals surface area (Å²) in [4.78, 5) is 60.6. The third-order valence-electron chi connectivity index (χ3n) is 7.49. The van der Waals surface area contributed by atoms with Gasteiger partial charge in [-0.25, -0.2) is 0 Å². The number of nitrogens with zero attached hydrogens (tertiary/aromatic N) is 4. The maximum atomic E-state index is 14.0. The van der Waals surface area contributed by atoms with Gasteiger partial charge in [0.2, 0.25) is 23.6 Å². The van der Waals surface area contributed by atoms with E-state index in [0.29, 0.717) is 19.4 Å². The van der Waals surface area contributed by atoms with E-state index in [1.807, 2.05) is 13.8 Å². The summed E-state index contributed by atoms with van der Waals surface area (Å²) >= 11 is 0. The number of amides is 4. The maximum absolute atomic E-state index is 14.0. The predicted octanol–water partition coefficient (Wildman–Crippen LogP) is -3.09. The average molecular weight is 590 g/mol. The molecule has 7 N–H and O–H groups in total. The normalized spacial score (nSPS) is 19.8. The molecule has 14 nitrogen and oxygen atoms in total. The quantitative estimate of drug-likeness (QED) is 0.0795. The second-order valence-electron chi connectivity index (χ2n) is 10.2. The molecule has 0 aliphatic heterocycles. The van der Waals surface area contributed by atoms with Crippen molar-refractivity contribution >= 4 is 23.6 Å². The molecule has 4 amide bonds. The topological polar surface area (TPSA) is 208 Å². The number of carbonyl (C=O) groups excluding carboxylic acids is 4. The van der Waals surface area contributed by atoms with E-state index in [1.54, 1.807) is 0 Å². The first kappa shape index (κ1) is 36.7. The van der Waals surface area contributed by atoms with Crippen LogP contribution in [0.15, 0.2) is 0 Å². The maximum Gasteiger partial charge on any atom is 0.227 e. The number of aliphatic hydroxyl groups excluding tert-OH is 5. The van der Waals surface area contributed by atoms with Gasteiger partial charge in [-0.2, -0.15) is 0 Å². The Labute approximate surface area is 242 Å². The summed E-state index contributed by atoms with van der Waals surface area (Å²) in [5.74, 6) is -6.21. The second kappa shape index (κ2) is 19.7. The van der Waals surface area contributed by atoms with Crippen LogP contribution in [0.3, 0.4) is 0 Å².